The molecule has 0 amide bonds. The van der Waals surface area contributed by atoms with E-state index in [2.05, 4.69) is 4.98 Å². The van der Waals surface area contributed by atoms with E-state index in [0.29, 0.717) is 134 Å². The van der Waals surface area contributed by atoms with Crippen LogP contribution in [0.25, 0.3) is 0 Å². The zero-order valence-corrected chi connectivity index (χ0v) is 75.4. The highest BCUT2D eigenvalue weighted by molar-refractivity contribution is 5.94. The van der Waals surface area contributed by atoms with Crippen LogP contribution in [0.5, 0.6) is 0 Å². The summed E-state index contributed by atoms with van der Waals surface area (Å²) in [6.45, 7) is 5.86. The summed E-state index contributed by atoms with van der Waals surface area (Å²) in [6, 6.07) is 3.97. The lowest BCUT2D eigenvalue weighted by atomic mass is 9.92. The number of unbranched alkanes of at least 4 members (excludes halogenated alkanes) is 12. The molecule has 0 bridgehead atoms. The lowest BCUT2D eigenvalue weighted by Gasteiger charge is -2.40. The molecular weight excluding hydrogens is 1710 g/mol. The van der Waals surface area contributed by atoms with Crippen LogP contribution >= 0.6 is 0 Å². The van der Waals surface area contributed by atoms with Gasteiger partial charge in [0.25, 0.3) is 0 Å². The van der Waals surface area contributed by atoms with Crippen molar-refractivity contribution in [3.63, 3.8) is 0 Å². The minimum absolute atomic E-state index is 0.00319. The molecule has 33 atom stereocenters. The highest BCUT2D eigenvalue weighted by Gasteiger charge is 2.49. The number of aliphatic hydroxyl groups excluding tert-OH is 26. The predicted molar refractivity (Wildman–Crippen MR) is 460 cm³/mol. The molecule has 31 unspecified atom stereocenters. The lowest BCUT2D eigenvalue weighted by molar-refractivity contribution is -0.230. The van der Waals surface area contributed by atoms with Crippen molar-refractivity contribution >= 4 is 34.7 Å². The van der Waals surface area contributed by atoms with Gasteiger partial charge in [0, 0.05) is 51.1 Å². The molecular formula is C88H159N3O38. The fourth-order valence-electron chi connectivity index (χ4n) is 15.5. The molecule has 6 saturated heterocycles. The molecule has 0 aromatic carbocycles. The molecule has 0 radical (unpaired) electrons. The summed E-state index contributed by atoms with van der Waals surface area (Å²) in [5, 5.41) is 247. The maximum absolute atomic E-state index is 11.9. The number of aromatic nitrogens is 1. The van der Waals surface area contributed by atoms with E-state index in [1.54, 1.807) is 38.2 Å². The van der Waals surface area contributed by atoms with Gasteiger partial charge in [-0.15, -0.1) is 0 Å². The van der Waals surface area contributed by atoms with Gasteiger partial charge in [-0.2, -0.15) is 0 Å². The van der Waals surface area contributed by atoms with Gasteiger partial charge in [0.15, 0.2) is 17.3 Å². The summed E-state index contributed by atoms with van der Waals surface area (Å²) < 4.78 is 32.4. The van der Waals surface area contributed by atoms with Crippen LogP contribution in [0.1, 0.15) is 244 Å². The third-order valence-electron chi connectivity index (χ3n) is 23.7. The number of nitrogens with zero attached hydrogens (tertiary/aromatic N) is 1. The van der Waals surface area contributed by atoms with Crippen LogP contribution in [0.2, 0.25) is 0 Å². The minimum atomic E-state index is -1.35. The van der Waals surface area contributed by atoms with Crippen molar-refractivity contribution in [2.75, 3.05) is 46.2 Å². The van der Waals surface area contributed by atoms with Gasteiger partial charge in [-0.3, -0.25) is 29.0 Å². The summed E-state index contributed by atoms with van der Waals surface area (Å²) in [5.74, 6) is 0.488. The third-order valence-corrected chi connectivity index (χ3v) is 23.7. The summed E-state index contributed by atoms with van der Waals surface area (Å²) in [7, 11) is 0. The number of ether oxygens (including phenoxy) is 6. The van der Waals surface area contributed by atoms with Crippen LogP contribution in [-0.4, -0.2) is 420 Å². The minimum Gasteiger partial charge on any atom is -0.394 e. The molecule has 30 N–H and O–H groups in total. The molecule has 0 spiro atoms. The zero-order chi connectivity index (χ0) is 97.3. The van der Waals surface area contributed by atoms with Crippen LogP contribution in [-0.2, 0) is 52.4 Å². The molecule has 6 aliphatic rings. The van der Waals surface area contributed by atoms with Gasteiger partial charge < -0.3 is 177 Å². The van der Waals surface area contributed by atoms with Gasteiger partial charge >= 0.3 is 0 Å². The molecule has 41 heteroatoms. The van der Waals surface area contributed by atoms with E-state index in [9.17, 15) is 121 Å². The van der Waals surface area contributed by atoms with E-state index >= 15 is 0 Å². The Morgan fingerprint density at radius 1 is 0.318 bits per heavy atom. The van der Waals surface area contributed by atoms with Crippen molar-refractivity contribution in [1.82, 2.24) is 4.98 Å². The number of hydrogen-bond acceptors (Lipinski definition) is 41. The van der Waals surface area contributed by atoms with Gasteiger partial charge in [0.05, 0.1) is 95.0 Å². The highest BCUT2D eigenvalue weighted by Crippen LogP contribution is 2.32. The van der Waals surface area contributed by atoms with Crippen LogP contribution < -0.4 is 11.5 Å². The van der Waals surface area contributed by atoms with Crippen molar-refractivity contribution in [2.45, 2.75) is 435 Å². The number of Topliss-reactive ketones (excluding diaryl/α,β-unsaturated/α-hetero) is 6. The second-order valence-electron chi connectivity index (χ2n) is 34.9. The summed E-state index contributed by atoms with van der Waals surface area (Å²) in [4.78, 5) is 72.2. The molecule has 0 aliphatic carbocycles. The molecule has 1 aromatic heterocycles. The van der Waals surface area contributed by atoms with Gasteiger partial charge in [-0.1, -0.05) is 97.0 Å². The third kappa shape index (κ3) is 43.4. The Morgan fingerprint density at radius 3 is 0.798 bits per heavy atom. The van der Waals surface area contributed by atoms with E-state index in [1.165, 1.54) is 6.92 Å². The molecule has 129 heavy (non-hydrogen) atoms. The van der Waals surface area contributed by atoms with Gasteiger partial charge in [0.2, 0.25) is 0 Å². The van der Waals surface area contributed by atoms with Crippen LogP contribution in [0.15, 0.2) is 24.4 Å². The average molecular weight is 1870 g/mol. The molecule has 6 aliphatic heterocycles. The normalized spacial score (nSPS) is 33.4. The number of rotatable bonds is 49. The topological polar surface area (TPSA) is 749 Å². The summed E-state index contributed by atoms with van der Waals surface area (Å²) in [6.07, 6.45) is -11.7. The Balaban J connectivity index is 0.000000525. The quantitative estimate of drug-likeness (QED) is 0.0214. The van der Waals surface area contributed by atoms with E-state index in [1.807, 2.05) is 13.8 Å². The second kappa shape index (κ2) is 66.3. The monoisotopic (exact) mass is 1870 g/mol. The van der Waals surface area contributed by atoms with Crippen molar-refractivity contribution < 1.29 is 190 Å². The fraction of sp³-hybridized carbons (Fsp3) is 0.875. The first-order valence-electron chi connectivity index (χ1n) is 45.7. The standard InChI is InChI=1S/C17H25NO6.C16H30O6.C14H27NO7.C14H27NO6.C14H26O7.C13H24O6/c19-10-14-16(22)17(23)15(21)13(24-14)8-3-1-2-7-12(20)11-6-4-5-9-18-11;1-10(2)8-11(18)6-4-3-5-7-12-14(19)16(21)15(20)13(9-17)22-12;15-8(6-16)9(18)4-2-1-3-5-10-12(19)14(21)13(20)11(7-17)22-10;1-8(15)9(17)5-3-2-4-6-10-12(18)14(20)13(19)11(7-16)21-10;1-8(16)9(17)5-3-2-4-6-10-12(18)14(20)13(19)11(7-15)21-10;1-8(15)5-3-2-4-6-9-11(16)13(18)12(17)10(7-14)19-9/h4-6,9,13-17,19,21-23H,1-3,7-8,10H2;10,12-17,19-21H,3-9H2,1-2H3;8,10-14,16-17,19-21H,1-7,15H2;8,10-14,16,18-20H,2-7,15H2,1H3;8,10-16,18-20H,2-7H2,1H3;9-14,16-18H,2-7H2,1H3/t;;8-,10?,11?,12?,13?,14?;;8-,10?,11?,12?,13?,14?;/m..0.0./s1. The second-order valence-corrected chi connectivity index (χ2v) is 34.9. The van der Waals surface area contributed by atoms with Crippen molar-refractivity contribution in [2.24, 2.45) is 17.4 Å². The van der Waals surface area contributed by atoms with Crippen LogP contribution in [0.4, 0.5) is 0 Å². The van der Waals surface area contributed by atoms with Crippen molar-refractivity contribution in [3.05, 3.63) is 30.1 Å². The van der Waals surface area contributed by atoms with E-state index in [4.69, 9.17) is 80.7 Å². The first-order chi connectivity index (χ1) is 61.0. The smallest absolute Gasteiger partial charge is 0.181 e. The Labute approximate surface area is 755 Å². The average Bonchev–Trinajstić information content (AvgIpc) is 0.848. The number of carbonyl (C=O) groups excluding carboxylic acids is 6. The largest absolute Gasteiger partial charge is 0.394 e. The van der Waals surface area contributed by atoms with Crippen LogP contribution in [0, 0.1) is 5.92 Å². The van der Waals surface area contributed by atoms with Gasteiger partial charge in [-0.05, 0) is 116 Å². The number of hydrogen-bond donors (Lipinski definition) is 28. The highest BCUT2D eigenvalue weighted by atomic mass is 16.6. The Kier molecular flexibility index (Phi) is 62.1. The Bertz CT molecular complexity index is 3070. The fourth-order valence-corrected chi connectivity index (χ4v) is 15.5. The SMILES string of the molecule is CC(=O)CCCCCC1OC(CO)C(O)C(O)C1O.CC(C)CC(=O)CCCCCC1OC(CO)C(O)C(O)C1O.CC(N)C(=O)CCCCCC1OC(CO)C(O)C(O)C1O.C[C@H](O)C(=O)CCCCCC1OC(CO)C(O)C(O)C1O.N[C@@H](CO)C(=O)CCCCCC1OC(CO)C(O)C(O)C1O.O=C(CCCCCC1OC(CO)C(O)C(O)C1O)c1ccccn1. The van der Waals surface area contributed by atoms with Crippen molar-refractivity contribution in [3.8, 4) is 0 Å². The van der Waals surface area contributed by atoms with Gasteiger partial charge in [-0.25, -0.2) is 0 Å². The molecule has 41 nitrogen and oxygen atoms in total. The maximum Gasteiger partial charge on any atom is 0.181 e. The number of aliphatic hydroxyl groups is 26. The van der Waals surface area contributed by atoms with E-state index in [0.717, 1.165) is 70.6 Å². The Morgan fingerprint density at radius 2 is 0.566 bits per heavy atom. The van der Waals surface area contributed by atoms with Crippen LogP contribution in [0.3, 0.4) is 0 Å². The number of pyridine rings is 1. The molecule has 754 valence electrons. The van der Waals surface area contributed by atoms with E-state index in [-0.39, 0.29) is 47.7 Å². The molecule has 7 rings (SSSR count). The molecule has 7 heterocycles. The lowest BCUT2D eigenvalue weighted by Crippen LogP contribution is -2.58. The number of carbonyl (C=O) groups is 6. The molecule has 6 fully saturated rings. The summed E-state index contributed by atoms with van der Waals surface area (Å²) in [5.41, 5.74) is 11.3. The number of ketones is 6. The molecule has 1 aromatic rings. The van der Waals surface area contributed by atoms with Gasteiger partial charge in [0.1, 0.15) is 176 Å². The predicted octanol–water partition coefficient (Wildman–Crippen LogP) is -5.09. The molecule has 0 saturated carbocycles. The summed E-state index contributed by atoms with van der Waals surface area (Å²) >= 11 is 0. The van der Waals surface area contributed by atoms with E-state index < -0.39 is 241 Å². The van der Waals surface area contributed by atoms with Crippen molar-refractivity contribution in [1.29, 1.82) is 0 Å². The zero-order valence-electron chi connectivity index (χ0n) is 75.4. The maximum atomic E-state index is 11.9. The first-order valence-corrected chi connectivity index (χ1v) is 45.7. The number of nitrogens with two attached hydrogens (primary N) is 2. The Hall–Kier alpha value is -4.19. The first kappa shape index (κ1) is 121.